The molecule has 3 aromatic rings. The number of nitrogens with zero attached hydrogens (tertiary/aromatic N) is 5. The summed E-state index contributed by atoms with van der Waals surface area (Å²) < 4.78 is 0. The van der Waals surface area contributed by atoms with Crippen molar-refractivity contribution < 1.29 is 4.79 Å². The highest BCUT2D eigenvalue weighted by molar-refractivity contribution is 6.00. The van der Waals surface area contributed by atoms with E-state index < -0.39 is 5.41 Å². The quantitative estimate of drug-likeness (QED) is 0.507. The number of allylic oxidation sites excluding steroid dienone is 2. The number of hydrogen-bond donors (Lipinski definition) is 0. The molecule has 0 amide bonds. The van der Waals surface area contributed by atoms with Crippen molar-refractivity contribution in [3.8, 4) is 11.4 Å². The van der Waals surface area contributed by atoms with Crippen LogP contribution in [0, 0.1) is 18.4 Å². The summed E-state index contributed by atoms with van der Waals surface area (Å²) in [6.45, 7) is 13.8. The molecule has 2 aromatic heterocycles. The molecule has 6 rings (SSSR count). The van der Waals surface area contributed by atoms with Crippen molar-refractivity contribution in [2.75, 3.05) is 18.0 Å². The molecule has 34 heavy (non-hydrogen) atoms. The minimum absolute atomic E-state index is 0.0323. The van der Waals surface area contributed by atoms with Crippen molar-refractivity contribution >= 4 is 22.5 Å². The molecule has 3 heterocycles. The Balaban J connectivity index is 1.64. The summed E-state index contributed by atoms with van der Waals surface area (Å²) in [5.74, 6) is 1.63. The highest BCUT2D eigenvalue weighted by Gasteiger charge is 2.49. The van der Waals surface area contributed by atoms with Crippen LogP contribution in [0.3, 0.4) is 0 Å². The van der Waals surface area contributed by atoms with Crippen LogP contribution in [-0.4, -0.2) is 33.8 Å². The van der Waals surface area contributed by atoms with E-state index >= 15 is 0 Å². The van der Waals surface area contributed by atoms with Gasteiger partial charge >= 0.3 is 0 Å². The summed E-state index contributed by atoms with van der Waals surface area (Å²) in [6, 6.07) is 10.1. The predicted molar refractivity (Wildman–Crippen MR) is 132 cm³/mol. The first-order valence-corrected chi connectivity index (χ1v) is 12.2. The molecular weight excluding hydrogens is 422 g/mol. The van der Waals surface area contributed by atoms with Crippen LogP contribution in [-0.2, 0) is 16.6 Å². The fourth-order valence-electron chi connectivity index (χ4n) is 6.33. The average molecular weight is 450 g/mol. The lowest BCUT2D eigenvalue weighted by atomic mass is 9.58. The van der Waals surface area contributed by atoms with Gasteiger partial charge in [0.2, 0.25) is 5.70 Å². The number of para-hydroxylation sites is 1. The van der Waals surface area contributed by atoms with Gasteiger partial charge in [-0.1, -0.05) is 38.1 Å². The van der Waals surface area contributed by atoms with E-state index in [9.17, 15) is 4.79 Å². The first kappa shape index (κ1) is 21.0. The Morgan fingerprint density at radius 1 is 1.15 bits per heavy atom. The van der Waals surface area contributed by atoms with Crippen LogP contribution >= 0.6 is 0 Å². The number of carbonyl (C=O) groups excluding carboxylic acids is 1. The molecule has 1 fully saturated rings. The maximum atomic E-state index is 12.8. The third kappa shape index (κ3) is 3.00. The first-order valence-electron chi connectivity index (χ1n) is 12.2. The Bertz CT molecular complexity index is 1390. The van der Waals surface area contributed by atoms with Gasteiger partial charge in [0.1, 0.15) is 5.82 Å². The lowest BCUT2D eigenvalue weighted by Crippen LogP contribution is -2.46. The van der Waals surface area contributed by atoms with E-state index in [-0.39, 0.29) is 23.3 Å². The molecule has 3 atom stereocenters. The number of aromatic nitrogens is 3. The number of benzene rings is 1. The SMILES string of the molecule is [C-]#[N+]C1=C[C@@]2(C)c3nc(-c4ccnc5ccccc45)nc(N4CCCC4)c3CC[C@@H]2[C@@H](C)C1=O. The highest BCUT2D eigenvalue weighted by atomic mass is 16.1. The van der Waals surface area contributed by atoms with E-state index in [1.165, 1.54) is 18.4 Å². The molecule has 6 nitrogen and oxygen atoms in total. The van der Waals surface area contributed by atoms with Gasteiger partial charge in [0.25, 0.3) is 0 Å². The summed E-state index contributed by atoms with van der Waals surface area (Å²) >= 11 is 0. The predicted octanol–water partition coefficient (Wildman–Crippen LogP) is 5.13. The summed E-state index contributed by atoms with van der Waals surface area (Å²) in [7, 11) is 0. The number of fused-ring (bicyclic) bond motifs is 4. The number of carbonyl (C=O) groups is 1. The Morgan fingerprint density at radius 3 is 2.74 bits per heavy atom. The van der Waals surface area contributed by atoms with Crippen molar-refractivity contribution in [3.63, 3.8) is 0 Å². The van der Waals surface area contributed by atoms with Crippen LogP contribution in [0.5, 0.6) is 0 Å². The molecule has 170 valence electrons. The zero-order valence-corrected chi connectivity index (χ0v) is 19.6. The third-order valence-electron chi connectivity index (χ3n) is 8.09. The number of pyridine rings is 1. The van der Waals surface area contributed by atoms with Crippen molar-refractivity contribution in [2.24, 2.45) is 11.8 Å². The summed E-state index contributed by atoms with van der Waals surface area (Å²) in [5, 5.41) is 1.03. The molecule has 0 N–H and O–H groups in total. The van der Waals surface area contributed by atoms with E-state index in [0.717, 1.165) is 53.9 Å². The molecular formula is C28H27N5O. The zero-order chi connectivity index (χ0) is 23.4. The highest BCUT2D eigenvalue weighted by Crippen LogP contribution is 2.51. The Morgan fingerprint density at radius 2 is 1.94 bits per heavy atom. The molecule has 6 heteroatoms. The Labute approximate surface area is 199 Å². The van der Waals surface area contributed by atoms with E-state index in [0.29, 0.717) is 5.82 Å². The zero-order valence-electron chi connectivity index (χ0n) is 19.6. The molecule has 0 unspecified atom stereocenters. The van der Waals surface area contributed by atoms with Crippen LogP contribution in [0.1, 0.15) is 44.4 Å². The number of anilines is 1. The molecule has 1 aromatic carbocycles. The minimum Gasteiger partial charge on any atom is -0.356 e. The second-order valence-corrected chi connectivity index (χ2v) is 9.99. The molecule has 0 saturated carbocycles. The summed E-state index contributed by atoms with van der Waals surface area (Å²) in [5.41, 5.74) is 3.82. The van der Waals surface area contributed by atoms with Crippen molar-refractivity contribution in [1.29, 1.82) is 0 Å². The lowest BCUT2D eigenvalue weighted by molar-refractivity contribution is -0.121. The number of ketones is 1. The molecule has 3 aliphatic rings. The molecule has 1 saturated heterocycles. The van der Waals surface area contributed by atoms with Gasteiger partial charge in [0.05, 0.1) is 17.8 Å². The maximum absolute atomic E-state index is 12.8. The average Bonchev–Trinajstić information content (AvgIpc) is 3.40. The molecule has 2 aliphatic carbocycles. The van der Waals surface area contributed by atoms with Crippen molar-refractivity contribution in [1.82, 2.24) is 15.0 Å². The lowest BCUT2D eigenvalue weighted by Gasteiger charge is -2.46. The van der Waals surface area contributed by atoms with Gasteiger partial charge in [-0.3, -0.25) is 4.98 Å². The van der Waals surface area contributed by atoms with Gasteiger partial charge in [-0.25, -0.2) is 14.8 Å². The van der Waals surface area contributed by atoms with Crippen LogP contribution in [0.15, 0.2) is 48.3 Å². The van der Waals surface area contributed by atoms with E-state index in [4.69, 9.17) is 16.5 Å². The van der Waals surface area contributed by atoms with Crippen LogP contribution in [0.25, 0.3) is 27.1 Å². The maximum Gasteiger partial charge on any atom is 0.226 e. The number of rotatable bonds is 2. The largest absolute Gasteiger partial charge is 0.356 e. The van der Waals surface area contributed by atoms with Crippen molar-refractivity contribution in [3.05, 3.63) is 71.0 Å². The normalized spacial score (nSPS) is 26.1. The first-order chi connectivity index (χ1) is 16.5. The van der Waals surface area contributed by atoms with E-state index in [1.54, 1.807) is 0 Å². The van der Waals surface area contributed by atoms with Gasteiger partial charge in [-0.2, -0.15) is 0 Å². The van der Waals surface area contributed by atoms with Gasteiger partial charge in [-0.05, 0) is 43.7 Å². The Hall–Kier alpha value is -3.59. The number of hydrogen-bond acceptors (Lipinski definition) is 5. The van der Waals surface area contributed by atoms with Gasteiger partial charge in [0, 0.05) is 47.1 Å². The fraction of sp³-hybridized carbons (Fsp3) is 0.393. The molecule has 0 bridgehead atoms. The molecule has 1 aliphatic heterocycles. The topological polar surface area (TPSA) is 63.3 Å². The summed E-state index contributed by atoms with van der Waals surface area (Å²) in [6.07, 6.45) is 7.82. The van der Waals surface area contributed by atoms with Gasteiger partial charge in [0.15, 0.2) is 11.6 Å². The van der Waals surface area contributed by atoms with Gasteiger partial charge in [-0.15, -0.1) is 0 Å². The van der Waals surface area contributed by atoms with Crippen molar-refractivity contribution in [2.45, 2.75) is 44.9 Å². The van der Waals surface area contributed by atoms with Gasteiger partial charge < -0.3 is 9.69 Å². The second kappa shape index (κ2) is 7.73. The molecule has 0 spiro atoms. The van der Waals surface area contributed by atoms with Crippen LogP contribution < -0.4 is 4.90 Å². The smallest absolute Gasteiger partial charge is 0.226 e. The third-order valence-corrected chi connectivity index (χ3v) is 8.09. The minimum atomic E-state index is -0.476. The van der Waals surface area contributed by atoms with E-state index in [2.05, 4.69) is 27.7 Å². The van der Waals surface area contributed by atoms with Crippen LogP contribution in [0.2, 0.25) is 0 Å². The molecule has 0 radical (unpaired) electrons. The monoisotopic (exact) mass is 449 g/mol. The van der Waals surface area contributed by atoms with E-state index in [1.807, 2.05) is 43.5 Å². The van der Waals surface area contributed by atoms with Crippen LogP contribution in [0.4, 0.5) is 5.82 Å². The fourth-order valence-corrected chi connectivity index (χ4v) is 6.33. The Kier molecular flexibility index (Phi) is 4.77. The standard InChI is InChI=1S/C28H27N5O/c1-17-21-11-10-20-25(28(21,2)16-23(29-3)24(17)34)31-26(32-27(20)33-14-6-7-15-33)19-12-13-30-22-9-5-4-8-18(19)22/h4-5,8-9,12-13,16-17,21H,6-7,10-11,14-15H2,1-2H3/t17-,21-,28-/m1/s1. The number of Topliss-reactive ketones (excluding diaryl/α,β-unsaturated/α-hetero) is 1. The summed E-state index contributed by atoms with van der Waals surface area (Å²) in [4.78, 5) is 33.8. The second-order valence-electron chi connectivity index (χ2n) is 9.99.